The Hall–Kier alpha value is -0.650. The van der Waals surface area contributed by atoms with E-state index in [1.807, 2.05) is 6.92 Å². The van der Waals surface area contributed by atoms with E-state index >= 15 is 0 Å². The molecule has 0 radical (unpaired) electrons. The molecule has 3 unspecified atom stereocenters. The second kappa shape index (κ2) is 7.07. The molecule has 2 heterocycles. The van der Waals surface area contributed by atoms with E-state index in [-0.39, 0.29) is 24.1 Å². The molecule has 0 aromatic carbocycles. The van der Waals surface area contributed by atoms with Crippen molar-refractivity contribution in [2.75, 3.05) is 26.4 Å². The molecule has 0 spiro atoms. The number of amides is 1. The maximum atomic E-state index is 12.0. The summed E-state index contributed by atoms with van der Waals surface area (Å²) in [5.74, 6) is 0.105. The molecule has 2 N–H and O–H groups in total. The van der Waals surface area contributed by atoms with Gasteiger partial charge in [-0.05, 0) is 32.7 Å². The summed E-state index contributed by atoms with van der Waals surface area (Å²) in [5.41, 5.74) is 0. The fourth-order valence-electron chi connectivity index (χ4n) is 2.39. The van der Waals surface area contributed by atoms with Crippen molar-refractivity contribution in [3.63, 3.8) is 0 Å². The zero-order chi connectivity index (χ0) is 12.8. The lowest BCUT2D eigenvalue weighted by Gasteiger charge is -2.25. The number of carbonyl (C=O) groups excluding carboxylic acids is 1. The fourth-order valence-corrected chi connectivity index (χ4v) is 2.39. The van der Waals surface area contributed by atoms with Crippen LogP contribution in [0.1, 0.15) is 32.6 Å². The number of carbonyl (C=O) groups is 1. The first-order chi connectivity index (χ1) is 8.75. The molecule has 0 bridgehead atoms. The molecule has 104 valence electrons. The van der Waals surface area contributed by atoms with Gasteiger partial charge < -0.3 is 20.1 Å². The van der Waals surface area contributed by atoms with Gasteiger partial charge in [-0.25, -0.2) is 0 Å². The third-order valence-electron chi connectivity index (χ3n) is 3.49. The van der Waals surface area contributed by atoms with Gasteiger partial charge in [0.15, 0.2) is 0 Å². The van der Waals surface area contributed by atoms with Crippen LogP contribution in [0.15, 0.2) is 0 Å². The number of nitrogens with one attached hydrogen (secondary N) is 2. The Morgan fingerprint density at radius 2 is 2.39 bits per heavy atom. The standard InChI is InChI=1S/C13H24N2O3/c1-10(8-18-11-5-7-17-9-11)15-13(16)12-4-2-3-6-14-12/h10-12,14H,2-9H2,1H3,(H,15,16). The number of piperidine rings is 1. The Labute approximate surface area is 109 Å². The van der Waals surface area contributed by atoms with Crippen molar-refractivity contribution in [3.8, 4) is 0 Å². The molecule has 2 saturated heterocycles. The first-order valence-electron chi connectivity index (χ1n) is 6.99. The van der Waals surface area contributed by atoms with Crippen molar-refractivity contribution in [2.24, 2.45) is 0 Å². The molecule has 2 fully saturated rings. The Kier molecular flexibility index (Phi) is 5.41. The van der Waals surface area contributed by atoms with Crippen LogP contribution >= 0.6 is 0 Å². The number of ether oxygens (including phenoxy) is 2. The number of hydrogen-bond donors (Lipinski definition) is 2. The Morgan fingerprint density at radius 1 is 1.50 bits per heavy atom. The highest BCUT2D eigenvalue weighted by atomic mass is 16.5. The SMILES string of the molecule is CC(COC1CCOC1)NC(=O)C1CCCCN1. The predicted molar refractivity (Wildman–Crippen MR) is 68.4 cm³/mol. The smallest absolute Gasteiger partial charge is 0.237 e. The summed E-state index contributed by atoms with van der Waals surface area (Å²) >= 11 is 0. The van der Waals surface area contributed by atoms with Crippen LogP contribution < -0.4 is 10.6 Å². The van der Waals surface area contributed by atoms with Crippen molar-refractivity contribution in [1.29, 1.82) is 0 Å². The molecule has 18 heavy (non-hydrogen) atoms. The Morgan fingerprint density at radius 3 is 3.06 bits per heavy atom. The molecule has 0 aliphatic carbocycles. The van der Waals surface area contributed by atoms with Gasteiger partial charge in [-0.3, -0.25) is 4.79 Å². The molecule has 0 aromatic rings. The molecule has 0 saturated carbocycles. The fraction of sp³-hybridized carbons (Fsp3) is 0.923. The van der Waals surface area contributed by atoms with Gasteiger partial charge in [0, 0.05) is 12.6 Å². The maximum absolute atomic E-state index is 12.0. The third kappa shape index (κ3) is 4.23. The van der Waals surface area contributed by atoms with Gasteiger partial charge in [-0.15, -0.1) is 0 Å². The molecule has 2 aliphatic rings. The van der Waals surface area contributed by atoms with Gasteiger partial charge >= 0.3 is 0 Å². The minimum absolute atomic E-state index is 0.0176. The summed E-state index contributed by atoms with van der Waals surface area (Å²) in [7, 11) is 0. The van der Waals surface area contributed by atoms with Crippen molar-refractivity contribution in [2.45, 2.75) is 50.8 Å². The van der Waals surface area contributed by atoms with E-state index < -0.39 is 0 Å². The van der Waals surface area contributed by atoms with Crippen LogP contribution in [0.2, 0.25) is 0 Å². The zero-order valence-electron chi connectivity index (χ0n) is 11.1. The summed E-state index contributed by atoms with van der Waals surface area (Å²) in [4.78, 5) is 12.0. The van der Waals surface area contributed by atoms with Gasteiger partial charge in [0.05, 0.1) is 25.4 Å². The van der Waals surface area contributed by atoms with Gasteiger partial charge in [-0.1, -0.05) is 6.42 Å². The monoisotopic (exact) mass is 256 g/mol. The lowest BCUT2D eigenvalue weighted by atomic mass is 10.0. The highest BCUT2D eigenvalue weighted by Gasteiger charge is 2.22. The molecule has 5 nitrogen and oxygen atoms in total. The summed E-state index contributed by atoms with van der Waals surface area (Å²) in [6, 6.07) is 0.0397. The van der Waals surface area contributed by atoms with E-state index in [1.165, 1.54) is 6.42 Å². The summed E-state index contributed by atoms with van der Waals surface area (Å²) in [5, 5.41) is 6.25. The van der Waals surface area contributed by atoms with Crippen molar-refractivity contribution >= 4 is 5.91 Å². The summed E-state index contributed by atoms with van der Waals surface area (Å²) in [6.07, 6.45) is 4.41. The minimum atomic E-state index is -0.0176. The summed E-state index contributed by atoms with van der Waals surface area (Å²) in [6.45, 7) is 4.97. The average Bonchev–Trinajstić information content (AvgIpc) is 2.90. The first kappa shape index (κ1) is 13.8. The normalized spacial score (nSPS) is 30.1. The van der Waals surface area contributed by atoms with Gasteiger partial charge in [0.25, 0.3) is 0 Å². The van der Waals surface area contributed by atoms with Gasteiger partial charge in [0.1, 0.15) is 0 Å². The quantitative estimate of drug-likeness (QED) is 0.749. The average molecular weight is 256 g/mol. The van der Waals surface area contributed by atoms with Crippen molar-refractivity contribution < 1.29 is 14.3 Å². The van der Waals surface area contributed by atoms with Crippen LogP contribution in [0.25, 0.3) is 0 Å². The number of rotatable bonds is 5. The van der Waals surface area contributed by atoms with E-state index in [1.54, 1.807) is 0 Å². The lowest BCUT2D eigenvalue weighted by molar-refractivity contribution is -0.124. The molecule has 0 aromatic heterocycles. The molecule has 3 atom stereocenters. The number of hydrogen-bond acceptors (Lipinski definition) is 4. The Bertz CT molecular complexity index is 261. The largest absolute Gasteiger partial charge is 0.379 e. The van der Waals surface area contributed by atoms with Crippen LogP contribution in [0.3, 0.4) is 0 Å². The molecular weight excluding hydrogens is 232 g/mol. The van der Waals surface area contributed by atoms with Crippen molar-refractivity contribution in [3.05, 3.63) is 0 Å². The van der Waals surface area contributed by atoms with Crippen LogP contribution in [-0.2, 0) is 14.3 Å². The highest BCUT2D eigenvalue weighted by molar-refractivity contribution is 5.82. The van der Waals surface area contributed by atoms with Gasteiger partial charge in [-0.2, -0.15) is 0 Å². The summed E-state index contributed by atoms with van der Waals surface area (Å²) < 4.78 is 10.9. The zero-order valence-corrected chi connectivity index (χ0v) is 11.1. The molecule has 1 amide bonds. The third-order valence-corrected chi connectivity index (χ3v) is 3.49. The molecular formula is C13H24N2O3. The Balaban J connectivity index is 1.62. The van der Waals surface area contributed by atoms with E-state index in [0.29, 0.717) is 13.2 Å². The van der Waals surface area contributed by atoms with E-state index in [4.69, 9.17) is 9.47 Å². The van der Waals surface area contributed by atoms with E-state index in [0.717, 1.165) is 32.4 Å². The lowest BCUT2D eigenvalue weighted by Crippen LogP contribution is -2.50. The molecule has 5 heteroatoms. The van der Waals surface area contributed by atoms with E-state index in [9.17, 15) is 4.79 Å². The second-order valence-electron chi connectivity index (χ2n) is 5.23. The second-order valence-corrected chi connectivity index (χ2v) is 5.23. The predicted octanol–water partition coefficient (Wildman–Crippen LogP) is 0.439. The molecule has 2 aliphatic heterocycles. The highest BCUT2D eigenvalue weighted by Crippen LogP contribution is 2.09. The van der Waals surface area contributed by atoms with Crippen LogP contribution in [0.4, 0.5) is 0 Å². The van der Waals surface area contributed by atoms with Crippen molar-refractivity contribution in [1.82, 2.24) is 10.6 Å². The topological polar surface area (TPSA) is 59.6 Å². The first-order valence-corrected chi connectivity index (χ1v) is 6.99. The van der Waals surface area contributed by atoms with Gasteiger partial charge in [0.2, 0.25) is 5.91 Å². The maximum Gasteiger partial charge on any atom is 0.237 e. The van der Waals surface area contributed by atoms with E-state index in [2.05, 4.69) is 10.6 Å². The molecule has 2 rings (SSSR count). The van der Waals surface area contributed by atoms with Crippen LogP contribution in [0, 0.1) is 0 Å². The minimum Gasteiger partial charge on any atom is -0.379 e. The van der Waals surface area contributed by atoms with Crippen LogP contribution in [-0.4, -0.2) is 50.5 Å². The van der Waals surface area contributed by atoms with Crippen LogP contribution in [0.5, 0.6) is 0 Å².